The molecule has 0 aliphatic carbocycles. The van der Waals surface area contributed by atoms with Crippen molar-refractivity contribution in [2.75, 3.05) is 13.2 Å². The summed E-state index contributed by atoms with van der Waals surface area (Å²) in [6.07, 6.45) is 2.51. The van der Waals surface area contributed by atoms with Crippen LogP contribution in [0.2, 0.25) is 0 Å². The summed E-state index contributed by atoms with van der Waals surface area (Å²) in [7, 11) is 0. The minimum Gasteiger partial charge on any atom is -0.396 e. The van der Waals surface area contributed by atoms with Crippen molar-refractivity contribution in [1.29, 1.82) is 0 Å². The molecule has 102 valence electrons. The van der Waals surface area contributed by atoms with Gasteiger partial charge in [-0.25, -0.2) is 4.39 Å². The molecule has 0 aliphatic heterocycles. The van der Waals surface area contributed by atoms with E-state index in [9.17, 15) is 4.39 Å². The number of aliphatic hydroxyl groups is 1. The summed E-state index contributed by atoms with van der Waals surface area (Å²) >= 11 is 0. The maximum Gasteiger partial charge on any atom is 0.126 e. The van der Waals surface area contributed by atoms with Crippen molar-refractivity contribution in [2.24, 2.45) is 5.92 Å². The number of aryl methyl sites for hydroxylation is 1. The normalized spacial score (nSPS) is 14.4. The van der Waals surface area contributed by atoms with Crippen molar-refractivity contribution in [3.63, 3.8) is 0 Å². The van der Waals surface area contributed by atoms with Gasteiger partial charge in [-0.1, -0.05) is 25.1 Å². The van der Waals surface area contributed by atoms with Crippen molar-refractivity contribution in [3.8, 4) is 0 Å². The number of hydrogen-bond donors (Lipinski definition) is 2. The van der Waals surface area contributed by atoms with Crippen LogP contribution in [-0.2, 0) is 6.42 Å². The first kappa shape index (κ1) is 15.1. The predicted octanol–water partition coefficient (Wildman–Crippen LogP) is 2.75. The smallest absolute Gasteiger partial charge is 0.126 e. The Kier molecular flexibility index (Phi) is 6.91. The van der Waals surface area contributed by atoms with Crippen LogP contribution in [0.1, 0.15) is 32.3 Å². The van der Waals surface area contributed by atoms with Gasteiger partial charge in [0.2, 0.25) is 0 Å². The van der Waals surface area contributed by atoms with Gasteiger partial charge in [-0.2, -0.15) is 0 Å². The highest BCUT2D eigenvalue weighted by molar-refractivity contribution is 5.17. The quantitative estimate of drug-likeness (QED) is 0.746. The molecule has 0 saturated carbocycles. The maximum atomic E-state index is 13.4. The zero-order chi connectivity index (χ0) is 13.4. The van der Waals surface area contributed by atoms with Crippen LogP contribution in [0.4, 0.5) is 4.39 Å². The van der Waals surface area contributed by atoms with Gasteiger partial charge in [0, 0.05) is 12.6 Å². The molecule has 1 rings (SSSR count). The van der Waals surface area contributed by atoms with Crippen LogP contribution in [-0.4, -0.2) is 24.3 Å². The molecular formula is C15H24FNO. The molecular weight excluding hydrogens is 229 g/mol. The Morgan fingerprint density at radius 3 is 2.61 bits per heavy atom. The summed E-state index contributed by atoms with van der Waals surface area (Å²) in [5, 5.41) is 12.2. The van der Waals surface area contributed by atoms with Gasteiger partial charge in [0.25, 0.3) is 0 Å². The molecule has 3 heteroatoms. The van der Waals surface area contributed by atoms with E-state index < -0.39 is 0 Å². The Balaban J connectivity index is 2.25. The molecule has 0 fully saturated rings. The molecule has 0 saturated heterocycles. The summed E-state index contributed by atoms with van der Waals surface area (Å²) in [6, 6.07) is 7.31. The molecule has 0 bridgehead atoms. The lowest BCUT2D eigenvalue weighted by molar-refractivity contribution is 0.257. The van der Waals surface area contributed by atoms with Crippen molar-refractivity contribution in [2.45, 2.75) is 39.2 Å². The predicted molar refractivity (Wildman–Crippen MR) is 73.1 cm³/mol. The Bertz CT molecular complexity index is 343. The third-order valence-corrected chi connectivity index (χ3v) is 3.24. The number of rotatable bonds is 8. The monoisotopic (exact) mass is 253 g/mol. The largest absolute Gasteiger partial charge is 0.396 e. The molecule has 2 unspecified atom stereocenters. The Morgan fingerprint density at radius 1 is 1.22 bits per heavy atom. The van der Waals surface area contributed by atoms with Gasteiger partial charge in [0.05, 0.1) is 0 Å². The van der Waals surface area contributed by atoms with Crippen LogP contribution in [0.15, 0.2) is 24.3 Å². The van der Waals surface area contributed by atoms with Crippen LogP contribution in [0, 0.1) is 11.7 Å². The molecule has 1 aromatic rings. The van der Waals surface area contributed by atoms with E-state index in [-0.39, 0.29) is 12.4 Å². The molecule has 0 amide bonds. The lowest BCUT2D eigenvalue weighted by Gasteiger charge is -2.17. The average Bonchev–Trinajstić information content (AvgIpc) is 2.36. The molecule has 0 radical (unpaired) electrons. The third kappa shape index (κ3) is 5.61. The highest BCUT2D eigenvalue weighted by Crippen LogP contribution is 2.10. The minimum atomic E-state index is -0.113. The van der Waals surface area contributed by atoms with E-state index in [2.05, 4.69) is 19.2 Å². The fraction of sp³-hybridized carbons (Fsp3) is 0.600. The fourth-order valence-electron chi connectivity index (χ4n) is 1.90. The summed E-state index contributed by atoms with van der Waals surface area (Å²) < 4.78 is 13.4. The molecule has 1 aromatic carbocycles. The van der Waals surface area contributed by atoms with E-state index in [4.69, 9.17) is 5.11 Å². The second-order valence-electron chi connectivity index (χ2n) is 5.06. The van der Waals surface area contributed by atoms with Crippen LogP contribution >= 0.6 is 0 Å². The van der Waals surface area contributed by atoms with E-state index in [1.807, 2.05) is 12.1 Å². The molecule has 2 atom stereocenters. The number of halogens is 1. The molecule has 0 aliphatic rings. The van der Waals surface area contributed by atoms with Crippen molar-refractivity contribution in [3.05, 3.63) is 35.6 Å². The van der Waals surface area contributed by atoms with Crippen LogP contribution < -0.4 is 5.32 Å². The topological polar surface area (TPSA) is 32.3 Å². The van der Waals surface area contributed by atoms with Gasteiger partial charge >= 0.3 is 0 Å². The van der Waals surface area contributed by atoms with Crippen molar-refractivity contribution in [1.82, 2.24) is 5.32 Å². The van der Waals surface area contributed by atoms with Gasteiger partial charge in [0.1, 0.15) is 5.82 Å². The second-order valence-corrected chi connectivity index (χ2v) is 5.06. The molecule has 0 aromatic heterocycles. The Morgan fingerprint density at radius 2 is 1.94 bits per heavy atom. The first-order valence-electron chi connectivity index (χ1n) is 6.71. The summed E-state index contributed by atoms with van der Waals surface area (Å²) in [5.41, 5.74) is 0.787. The first-order valence-corrected chi connectivity index (χ1v) is 6.71. The Labute approximate surface area is 109 Å². The number of benzene rings is 1. The lowest BCUT2D eigenvalue weighted by atomic mass is 10.0. The maximum absolute atomic E-state index is 13.4. The molecule has 0 spiro atoms. The zero-order valence-electron chi connectivity index (χ0n) is 11.3. The molecule has 2 nitrogen and oxygen atoms in total. The summed E-state index contributed by atoms with van der Waals surface area (Å²) in [5.74, 6) is 0.365. The van der Waals surface area contributed by atoms with Crippen LogP contribution in [0.25, 0.3) is 0 Å². The number of aliphatic hydroxyl groups excluding tert-OH is 1. The number of hydrogen-bond acceptors (Lipinski definition) is 2. The third-order valence-electron chi connectivity index (χ3n) is 3.24. The van der Waals surface area contributed by atoms with E-state index >= 15 is 0 Å². The van der Waals surface area contributed by atoms with Crippen molar-refractivity contribution < 1.29 is 9.50 Å². The highest BCUT2D eigenvalue weighted by atomic mass is 19.1. The van der Waals surface area contributed by atoms with Crippen molar-refractivity contribution >= 4 is 0 Å². The van der Waals surface area contributed by atoms with Gasteiger partial charge in [-0.05, 0) is 50.3 Å². The van der Waals surface area contributed by atoms with Crippen LogP contribution in [0.3, 0.4) is 0 Å². The SMILES string of the molecule is CC(CCO)CNC(C)CCc1ccccc1F. The van der Waals surface area contributed by atoms with Gasteiger partial charge in [0.15, 0.2) is 0 Å². The van der Waals surface area contributed by atoms with E-state index in [1.165, 1.54) is 6.07 Å². The fourth-order valence-corrected chi connectivity index (χ4v) is 1.90. The van der Waals surface area contributed by atoms with Gasteiger partial charge in [-0.15, -0.1) is 0 Å². The van der Waals surface area contributed by atoms with Crippen LogP contribution in [0.5, 0.6) is 0 Å². The summed E-state index contributed by atoms with van der Waals surface area (Å²) in [6.45, 7) is 5.38. The molecule has 18 heavy (non-hydrogen) atoms. The standard InChI is InChI=1S/C15H24FNO/c1-12(9-10-18)11-17-13(2)7-8-14-5-3-4-6-15(14)16/h3-6,12-13,17-18H,7-11H2,1-2H3. The molecule has 0 heterocycles. The molecule has 2 N–H and O–H groups in total. The van der Waals surface area contributed by atoms with E-state index in [0.717, 1.165) is 31.4 Å². The van der Waals surface area contributed by atoms with Gasteiger partial charge < -0.3 is 10.4 Å². The van der Waals surface area contributed by atoms with Gasteiger partial charge in [-0.3, -0.25) is 0 Å². The second kappa shape index (κ2) is 8.22. The van der Waals surface area contributed by atoms with E-state index in [1.54, 1.807) is 6.07 Å². The lowest BCUT2D eigenvalue weighted by Crippen LogP contribution is -2.31. The highest BCUT2D eigenvalue weighted by Gasteiger charge is 2.07. The minimum absolute atomic E-state index is 0.113. The zero-order valence-corrected chi connectivity index (χ0v) is 11.3. The van der Waals surface area contributed by atoms with E-state index in [0.29, 0.717) is 12.0 Å². The number of nitrogens with one attached hydrogen (secondary N) is 1. The summed E-state index contributed by atoms with van der Waals surface area (Å²) in [4.78, 5) is 0. The average molecular weight is 253 g/mol. The Hall–Kier alpha value is -0.930. The first-order chi connectivity index (χ1) is 8.63.